The molecular formula is C21H32N2O4S. The van der Waals surface area contributed by atoms with Crippen LogP contribution in [0.25, 0.3) is 0 Å². The quantitative estimate of drug-likeness (QED) is 0.829. The molecule has 0 aromatic heterocycles. The molecule has 7 heteroatoms. The smallest absolute Gasteiger partial charge is 0.270 e. The van der Waals surface area contributed by atoms with Crippen molar-refractivity contribution >= 4 is 17.1 Å². The highest BCUT2D eigenvalue weighted by Gasteiger charge is 2.39. The monoisotopic (exact) mass is 408 g/mol. The Balaban J connectivity index is 0.00000225. The molecule has 0 bridgehead atoms. The van der Waals surface area contributed by atoms with E-state index >= 15 is 0 Å². The Morgan fingerprint density at radius 2 is 1.54 bits per heavy atom. The number of aromatic hydroxyl groups is 1. The van der Waals surface area contributed by atoms with Crippen molar-refractivity contribution in [2.75, 3.05) is 6.54 Å². The third-order valence-electron chi connectivity index (χ3n) is 6.39. The van der Waals surface area contributed by atoms with E-state index in [4.69, 9.17) is 0 Å². The van der Waals surface area contributed by atoms with Gasteiger partial charge in [-0.15, -0.1) is 0 Å². The Morgan fingerprint density at radius 1 is 0.964 bits per heavy atom. The summed E-state index contributed by atoms with van der Waals surface area (Å²) in [6.07, 6.45) is 12.2. The zero-order chi connectivity index (χ0) is 18.8. The van der Waals surface area contributed by atoms with Crippen LogP contribution >= 0.6 is 0 Å². The standard InChI is InChI=1S/C21H30N2O3S.H2O/c24-19-13-7-8-16-14-15-22(21(25)20(16)19)27(26)23(17-9-3-1-4-10-17)18-11-5-2-6-12-18;/h7-8,13,17-18,24H,1-6,9-12,14-15H2;1H2. The number of phenols is 1. The fraction of sp³-hybridized carbons (Fsp3) is 0.667. The highest BCUT2D eigenvalue weighted by atomic mass is 32.2. The van der Waals surface area contributed by atoms with Gasteiger partial charge in [0.25, 0.3) is 5.91 Å². The number of fused-ring (bicyclic) bond motifs is 1. The van der Waals surface area contributed by atoms with Gasteiger partial charge in [0.15, 0.2) is 0 Å². The number of hydrogen-bond donors (Lipinski definition) is 1. The summed E-state index contributed by atoms with van der Waals surface area (Å²) < 4.78 is 17.4. The zero-order valence-corrected chi connectivity index (χ0v) is 17.3. The highest BCUT2D eigenvalue weighted by molar-refractivity contribution is 7.80. The minimum Gasteiger partial charge on any atom is -0.507 e. The lowest BCUT2D eigenvalue weighted by atomic mass is 9.91. The SMILES string of the molecule is O.O=C1c2c(O)cccc2CCN1S(=O)N(C1CCCCC1)C1CCCCC1. The van der Waals surface area contributed by atoms with Gasteiger partial charge < -0.3 is 10.6 Å². The summed E-state index contributed by atoms with van der Waals surface area (Å²) in [4.78, 5) is 13.1. The predicted octanol–water partition coefficient (Wildman–Crippen LogP) is 3.11. The van der Waals surface area contributed by atoms with Crippen LogP contribution in [0.4, 0.5) is 0 Å². The third kappa shape index (κ3) is 4.11. The van der Waals surface area contributed by atoms with Gasteiger partial charge in [-0.2, -0.15) is 0 Å². The van der Waals surface area contributed by atoms with E-state index in [0.29, 0.717) is 30.6 Å². The van der Waals surface area contributed by atoms with Crippen molar-refractivity contribution in [3.63, 3.8) is 0 Å². The summed E-state index contributed by atoms with van der Waals surface area (Å²) in [5, 5.41) is 10.2. The molecule has 1 amide bonds. The molecule has 1 atom stereocenters. The fourth-order valence-corrected chi connectivity index (χ4v) is 6.62. The van der Waals surface area contributed by atoms with Crippen LogP contribution in [0, 0.1) is 0 Å². The molecular weight excluding hydrogens is 376 g/mol. The molecule has 0 saturated heterocycles. The van der Waals surface area contributed by atoms with Gasteiger partial charge in [-0.25, -0.2) is 12.8 Å². The first-order valence-corrected chi connectivity index (χ1v) is 11.6. The largest absolute Gasteiger partial charge is 0.507 e. The van der Waals surface area contributed by atoms with Crippen molar-refractivity contribution in [2.45, 2.75) is 82.7 Å². The maximum absolute atomic E-state index is 13.7. The maximum Gasteiger partial charge on any atom is 0.270 e. The van der Waals surface area contributed by atoms with Crippen molar-refractivity contribution in [3.05, 3.63) is 29.3 Å². The molecule has 2 fully saturated rings. The Morgan fingerprint density at radius 3 is 2.11 bits per heavy atom. The first-order chi connectivity index (χ1) is 13.2. The molecule has 0 spiro atoms. The van der Waals surface area contributed by atoms with E-state index in [1.54, 1.807) is 12.1 Å². The van der Waals surface area contributed by atoms with E-state index in [0.717, 1.165) is 31.2 Å². The Labute approximate surface area is 169 Å². The number of nitrogens with zero attached hydrogens (tertiary/aromatic N) is 2. The number of rotatable bonds is 4. The van der Waals surface area contributed by atoms with Crippen molar-refractivity contribution < 1.29 is 19.6 Å². The summed E-state index contributed by atoms with van der Waals surface area (Å²) in [6, 6.07) is 5.81. The molecule has 1 aliphatic heterocycles. The minimum atomic E-state index is -1.48. The van der Waals surface area contributed by atoms with Crippen LogP contribution in [0.2, 0.25) is 0 Å². The summed E-state index contributed by atoms with van der Waals surface area (Å²) in [7, 11) is 0. The van der Waals surface area contributed by atoms with E-state index in [9.17, 15) is 14.1 Å². The molecule has 3 N–H and O–H groups in total. The first-order valence-electron chi connectivity index (χ1n) is 10.5. The van der Waals surface area contributed by atoms with Crippen molar-refractivity contribution in [1.82, 2.24) is 8.61 Å². The molecule has 1 aromatic carbocycles. The van der Waals surface area contributed by atoms with Gasteiger partial charge in [0.2, 0.25) is 11.2 Å². The Hall–Kier alpha value is -1.44. The second-order valence-electron chi connectivity index (χ2n) is 8.14. The molecule has 1 unspecified atom stereocenters. The topological polar surface area (TPSA) is 92.3 Å². The van der Waals surface area contributed by atoms with Gasteiger partial charge >= 0.3 is 0 Å². The summed E-state index contributed by atoms with van der Waals surface area (Å²) in [5.74, 6) is -0.287. The van der Waals surface area contributed by atoms with Crippen molar-refractivity contribution in [1.29, 1.82) is 0 Å². The van der Waals surface area contributed by atoms with Crippen LogP contribution in [-0.2, 0) is 17.6 Å². The molecule has 2 aliphatic carbocycles. The van der Waals surface area contributed by atoms with E-state index in [2.05, 4.69) is 4.31 Å². The van der Waals surface area contributed by atoms with Gasteiger partial charge in [0.1, 0.15) is 5.75 Å². The average molecular weight is 409 g/mol. The molecule has 4 rings (SSSR count). The Kier molecular flexibility index (Phi) is 7.12. The van der Waals surface area contributed by atoms with Crippen LogP contribution in [0.1, 0.15) is 80.1 Å². The Bertz CT molecular complexity index is 696. The van der Waals surface area contributed by atoms with Crippen LogP contribution in [0.3, 0.4) is 0 Å². The lowest BCUT2D eigenvalue weighted by Crippen LogP contribution is -2.53. The lowest BCUT2D eigenvalue weighted by molar-refractivity contribution is 0.0833. The van der Waals surface area contributed by atoms with Crippen molar-refractivity contribution in [3.8, 4) is 5.75 Å². The number of carbonyl (C=O) groups excluding carboxylic acids is 1. The van der Waals surface area contributed by atoms with E-state index in [1.165, 1.54) is 42.8 Å². The average Bonchev–Trinajstić information content (AvgIpc) is 2.70. The number of carbonyl (C=O) groups is 1. The molecule has 6 nitrogen and oxygen atoms in total. The van der Waals surface area contributed by atoms with Crippen LogP contribution in [0.5, 0.6) is 5.75 Å². The molecule has 3 aliphatic rings. The van der Waals surface area contributed by atoms with Gasteiger partial charge in [0, 0.05) is 18.6 Å². The van der Waals surface area contributed by atoms with E-state index in [1.807, 2.05) is 6.07 Å². The van der Waals surface area contributed by atoms with Gasteiger partial charge in [-0.05, 0) is 43.7 Å². The maximum atomic E-state index is 13.7. The lowest BCUT2D eigenvalue weighted by Gasteiger charge is -2.42. The van der Waals surface area contributed by atoms with Crippen LogP contribution < -0.4 is 0 Å². The minimum absolute atomic E-state index is 0. The summed E-state index contributed by atoms with van der Waals surface area (Å²) in [6.45, 7) is 0.456. The summed E-state index contributed by atoms with van der Waals surface area (Å²) >= 11 is -1.48. The van der Waals surface area contributed by atoms with E-state index < -0.39 is 11.2 Å². The molecule has 28 heavy (non-hydrogen) atoms. The van der Waals surface area contributed by atoms with Gasteiger partial charge in [0.05, 0.1) is 5.56 Å². The fourth-order valence-electron chi connectivity index (χ4n) is 4.98. The molecule has 0 radical (unpaired) electrons. The zero-order valence-electron chi connectivity index (χ0n) is 16.4. The predicted molar refractivity (Wildman–Crippen MR) is 110 cm³/mol. The van der Waals surface area contributed by atoms with Gasteiger partial charge in [-0.3, -0.25) is 4.79 Å². The van der Waals surface area contributed by atoms with Crippen LogP contribution in [-0.4, -0.2) is 47.9 Å². The second kappa shape index (κ2) is 9.37. The molecule has 1 aromatic rings. The first kappa shape index (κ1) is 21.3. The van der Waals surface area contributed by atoms with Crippen molar-refractivity contribution in [2.24, 2.45) is 0 Å². The number of benzene rings is 1. The summed E-state index contributed by atoms with van der Waals surface area (Å²) in [5.41, 5.74) is 1.19. The highest BCUT2D eigenvalue weighted by Crippen LogP contribution is 2.34. The van der Waals surface area contributed by atoms with Crippen LogP contribution in [0.15, 0.2) is 18.2 Å². The normalized spacial score (nSPS) is 22.6. The number of phenolic OH excluding ortho intramolecular Hbond substituents is 1. The molecule has 156 valence electrons. The number of hydrogen-bond acceptors (Lipinski definition) is 3. The second-order valence-corrected chi connectivity index (χ2v) is 9.47. The van der Waals surface area contributed by atoms with E-state index in [-0.39, 0.29) is 17.1 Å². The van der Waals surface area contributed by atoms with Gasteiger partial charge in [-0.1, -0.05) is 50.7 Å². The molecule has 1 heterocycles. The molecule has 2 saturated carbocycles. The third-order valence-corrected chi connectivity index (χ3v) is 8.07. The number of amides is 1.